The summed E-state index contributed by atoms with van der Waals surface area (Å²) in [7, 11) is 0. The van der Waals surface area contributed by atoms with Crippen molar-refractivity contribution in [1.82, 2.24) is 4.98 Å². The molecular formula is C16H16N2O3. The van der Waals surface area contributed by atoms with Crippen LogP contribution >= 0.6 is 0 Å². The molecule has 0 unspecified atom stereocenters. The van der Waals surface area contributed by atoms with Crippen LogP contribution in [0.25, 0.3) is 0 Å². The molecule has 0 radical (unpaired) electrons. The van der Waals surface area contributed by atoms with Gasteiger partial charge in [-0.15, -0.1) is 0 Å². The number of pyridine rings is 1. The van der Waals surface area contributed by atoms with Crippen molar-refractivity contribution in [2.45, 2.75) is 13.8 Å². The molecule has 0 aliphatic heterocycles. The molecule has 0 saturated carbocycles. The standard InChI is InChI=1S/C16H16N2O3/c1-3-21-16(20)13-8-15(10-17-9-13)18-14-6-4-12(5-7-14)11(2)19/h4-10,18H,3H2,1-2H3. The van der Waals surface area contributed by atoms with Crippen molar-refractivity contribution in [3.05, 3.63) is 53.9 Å². The highest BCUT2D eigenvalue weighted by Gasteiger charge is 2.07. The van der Waals surface area contributed by atoms with Crippen molar-refractivity contribution >= 4 is 23.1 Å². The lowest BCUT2D eigenvalue weighted by atomic mass is 10.1. The Morgan fingerprint density at radius 1 is 1.10 bits per heavy atom. The highest BCUT2D eigenvalue weighted by molar-refractivity contribution is 5.94. The van der Waals surface area contributed by atoms with Gasteiger partial charge in [0.05, 0.1) is 24.1 Å². The maximum absolute atomic E-state index is 11.6. The highest BCUT2D eigenvalue weighted by atomic mass is 16.5. The molecule has 1 heterocycles. The van der Waals surface area contributed by atoms with Gasteiger partial charge in [0, 0.05) is 17.4 Å². The first-order chi connectivity index (χ1) is 10.1. The second-order valence-corrected chi connectivity index (χ2v) is 4.44. The van der Waals surface area contributed by atoms with Crippen molar-refractivity contribution in [2.24, 2.45) is 0 Å². The van der Waals surface area contributed by atoms with Gasteiger partial charge in [-0.2, -0.15) is 0 Å². The number of rotatable bonds is 5. The highest BCUT2D eigenvalue weighted by Crippen LogP contribution is 2.18. The third-order valence-corrected chi connectivity index (χ3v) is 2.83. The fourth-order valence-corrected chi connectivity index (χ4v) is 1.79. The number of carbonyl (C=O) groups is 2. The van der Waals surface area contributed by atoms with Gasteiger partial charge in [-0.1, -0.05) is 0 Å². The van der Waals surface area contributed by atoms with E-state index in [-0.39, 0.29) is 5.78 Å². The number of ether oxygens (including phenoxy) is 1. The molecule has 0 aliphatic carbocycles. The zero-order valence-corrected chi connectivity index (χ0v) is 11.9. The predicted octanol–water partition coefficient (Wildman–Crippen LogP) is 3.20. The largest absolute Gasteiger partial charge is 0.462 e. The maximum Gasteiger partial charge on any atom is 0.339 e. The molecule has 21 heavy (non-hydrogen) atoms. The van der Waals surface area contributed by atoms with E-state index in [9.17, 15) is 9.59 Å². The van der Waals surface area contributed by atoms with Crippen LogP contribution in [0.4, 0.5) is 11.4 Å². The zero-order valence-electron chi connectivity index (χ0n) is 11.9. The molecule has 5 heteroatoms. The predicted molar refractivity (Wildman–Crippen MR) is 79.9 cm³/mol. The lowest BCUT2D eigenvalue weighted by Crippen LogP contribution is -2.05. The fourth-order valence-electron chi connectivity index (χ4n) is 1.79. The van der Waals surface area contributed by atoms with E-state index in [4.69, 9.17) is 4.74 Å². The molecule has 2 rings (SSSR count). The first-order valence-corrected chi connectivity index (χ1v) is 6.60. The van der Waals surface area contributed by atoms with Crippen LogP contribution in [0.3, 0.4) is 0 Å². The van der Waals surface area contributed by atoms with E-state index in [1.807, 2.05) is 0 Å². The van der Waals surface area contributed by atoms with Crippen LogP contribution < -0.4 is 5.32 Å². The van der Waals surface area contributed by atoms with Gasteiger partial charge in [-0.3, -0.25) is 9.78 Å². The van der Waals surface area contributed by atoms with Crippen LogP contribution in [0.2, 0.25) is 0 Å². The number of hydrogen-bond acceptors (Lipinski definition) is 5. The molecule has 1 aromatic carbocycles. The number of anilines is 2. The van der Waals surface area contributed by atoms with Crippen molar-refractivity contribution < 1.29 is 14.3 Å². The number of aromatic nitrogens is 1. The molecule has 0 atom stereocenters. The number of ketones is 1. The molecular weight excluding hydrogens is 268 g/mol. The Morgan fingerprint density at radius 3 is 2.43 bits per heavy atom. The van der Waals surface area contributed by atoms with Crippen LogP contribution in [0.1, 0.15) is 34.6 Å². The Hall–Kier alpha value is -2.69. The third kappa shape index (κ3) is 3.89. The average Bonchev–Trinajstić information content (AvgIpc) is 2.48. The van der Waals surface area contributed by atoms with E-state index in [1.54, 1.807) is 43.5 Å². The molecule has 108 valence electrons. The van der Waals surface area contributed by atoms with Crippen LogP contribution in [-0.2, 0) is 4.74 Å². The molecule has 0 amide bonds. The summed E-state index contributed by atoms with van der Waals surface area (Å²) in [5, 5.41) is 3.13. The van der Waals surface area contributed by atoms with Gasteiger partial charge in [-0.05, 0) is 44.2 Å². The molecule has 0 fully saturated rings. The molecule has 0 aliphatic rings. The minimum Gasteiger partial charge on any atom is -0.462 e. The smallest absolute Gasteiger partial charge is 0.339 e. The Labute approximate surface area is 123 Å². The molecule has 1 aromatic heterocycles. The zero-order chi connectivity index (χ0) is 15.2. The van der Waals surface area contributed by atoms with Gasteiger partial charge in [-0.25, -0.2) is 4.79 Å². The van der Waals surface area contributed by atoms with Gasteiger partial charge < -0.3 is 10.1 Å². The number of Topliss-reactive ketones (excluding diaryl/α,β-unsaturated/α-hetero) is 1. The number of esters is 1. The number of carbonyl (C=O) groups excluding carboxylic acids is 2. The Balaban J connectivity index is 2.14. The van der Waals surface area contributed by atoms with Gasteiger partial charge in [0.25, 0.3) is 0 Å². The lowest BCUT2D eigenvalue weighted by Gasteiger charge is -2.08. The first-order valence-electron chi connectivity index (χ1n) is 6.60. The summed E-state index contributed by atoms with van der Waals surface area (Å²) in [5.74, 6) is -0.381. The molecule has 0 spiro atoms. The topological polar surface area (TPSA) is 68.3 Å². The summed E-state index contributed by atoms with van der Waals surface area (Å²) in [6.07, 6.45) is 3.07. The minimum absolute atomic E-state index is 0.0209. The number of nitrogens with zero attached hydrogens (tertiary/aromatic N) is 1. The van der Waals surface area contributed by atoms with Crippen molar-refractivity contribution in [3.8, 4) is 0 Å². The van der Waals surface area contributed by atoms with E-state index < -0.39 is 5.97 Å². The van der Waals surface area contributed by atoms with E-state index in [0.29, 0.717) is 23.4 Å². The Kier molecular flexibility index (Phi) is 4.66. The minimum atomic E-state index is -0.402. The van der Waals surface area contributed by atoms with Gasteiger partial charge in [0.1, 0.15) is 0 Å². The summed E-state index contributed by atoms with van der Waals surface area (Å²) < 4.78 is 4.93. The average molecular weight is 284 g/mol. The van der Waals surface area contributed by atoms with Crippen molar-refractivity contribution in [1.29, 1.82) is 0 Å². The van der Waals surface area contributed by atoms with Gasteiger partial charge in [0.15, 0.2) is 5.78 Å². The normalized spacial score (nSPS) is 10.0. The van der Waals surface area contributed by atoms with E-state index >= 15 is 0 Å². The number of hydrogen-bond donors (Lipinski definition) is 1. The monoisotopic (exact) mass is 284 g/mol. The van der Waals surface area contributed by atoms with Crippen LogP contribution in [0.15, 0.2) is 42.7 Å². The van der Waals surface area contributed by atoms with Crippen LogP contribution in [0.5, 0.6) is 0 Å². The summed E-state index contributed by atoms with van der Waals surface area (Å²) >= 11 is 0. The van der Waals surface area contributed by atoms with Crippen molar-refractivity contribution in [3.63, 3.8) is 0 Å². The molecule has 0 saturated heterocycles. The molecule has 5 nitrogen and oxygen atoms in total. The second kappa shape index (κ2) is 6.65. The number of nitrogens with one attached hydrogen (secondary N) is 1. The Morgan fingerprint density at radius 2 is 1.81 bits per heavy atom. The molecule has 1 N–H and O–H groups in total. The van der Waals surface area contributed by atoms with Crippen LogP contribution in [0, 0.1) is 0 Å². The summed E-state index contributed by atoms with van der Waals surface area (Å²) in [4.78, 5) is 26.9. The SMILES string of the molecule is CCOC(=O)c1cncc(Nc2ccc(C(C)=O)cc2)c1. The van der Waals surface area contributed by atoms with E-state index in [2.05, 4.69) is 10.3 Å². The number of benzene rings is 1. The summed E-state index contributed by atoms with van der Waals surface area (Å²) in [6.45, 7) is 3.60. The van der Waals surface area contributed by atoms with Gasteiger partial charge >= 0.3 is 5.97 Å². The lowest BCUT2D eigenvalue weighted by molar-refractivity contribution is 0.0526. The maximum atomic E-state index is 11.6. The van der Waals surface area contributed by atoms with Crippen molar-refractivity contribution in [2.75, 3.05) is 11.9 Å². The molecule has 2 aromatic rings. The first kappa shape index (κ1) is 14.7. The second-order valence-electron chi connectivity index (χ2n) is 4.44. The molecule has 0 bridgehead atoms. The van der Waals surface area contributed by atoms with E-state index in [1.165, 1.54) is 13.1 Å². The van der Waals surface area contributed by atoms with E-state index in [0.717, 1.165) is 5.69 Å². The quantitative estimate of drug-likeness (QED) is 0.674. The van der Waals surface area contributed by atoms with Crippen LogP contribution in [-0.4, -0.2) is 23.3 Å². The summed E-state index contributed by atoms with van der Waals surface area (Å²) in [6, 6.07) is 8.76. The fraction of sp³-hybridized carbons (Fsp3) is 0.188. The Bertz CT molecular complexity index is 651. The summed E-state index contributed by atoms with van der Waals surface area (Å²) in [5.41, 5.74) is 2.53. The third-order valence-electron chi connectivity index (χ3n) is 2.83. The van der Waals surface area contributed by atoms with Gasteiger partial charge in [0.2, 0.25) is 0 Å².